The number of hydrogen-bond donors (Lipinski definition) is 0. The van der Waals surface area contributed by atoms with E-state index in [2.05, 4.69) is 120 Å². The maximum absolute atomic E-state index is 13.0. The van der Waals surface area contributed by atoms with E-state index < -0.39 is 0 Å². The Morgan fingerprint density at radius 3 is 0.646 bits per heavy atom. The predicted molar refractivity (Wildman–Crippen MR) is 631 cm³/mol. The Labute approximate surface area is 917 Å². The van der Waals surface area contributed by atoms with Gasteiger partial charge in [0, 0.05) is 115 Å². The van der Waals surface area contributed by atoms with Crippen LogP contribution in [0.2, 0.25) is 0 Å². The highest BCUT2D eigenvalue weighted by molar-refractivity contribution is 8.14. The van der Waals surface area contributed by atoms with Crippen molar-refractivity contribution in [1.29, 1.82) is 0 Å². The number of amides is 3. The first-order valence-electron chi connectivity index (χ1n) is 60.5. The van der Waals surface area contributed by atoms with Gasteiger partial charge in [-0.2, -0.15) is 0 Å². The van der Waals surface area contributed by atoms with Gasteiger partial charge in [-0.1, -0.05) is 383 Å². The summed E-state index contributed by atoms with van der Waals surface area (Å²) in [5.74, 6) is 1.87. The topological polar surface area (TPSA) is 228 Å². The van der Waals surface area contributed by atoms with E-state index in [9.17, 15) is 43.2 Å². The van der Waals surface area contributed by atoms with Crippen LogP contribution >= 0.6 is 35.3 Å². The molecule has 0 rings (SSSR count). The summed E-state index contributed by atoms with van der Waals surface area (Å²) in [5.41, 5.74) is 0. The fourth-order valence-electron chi connectivity index (χ4n) is 16.6. The molecule has 0 spiro atoms. The Hall–Kier alpha value is -5.14. The Balaban J connectivity index is -0.00000212. The Kier molecular flexibility index (Phi) is 116. The third-order valence-corrected chi connectivity index (χ3v) is 28.8. The van der Waals surface area contributed by atoms with Crippen molar-refractivity contribution >= 4 is 86.8 Å². The first kappa shape index (κ1) is 146. The molecule has 21 nitrogen and oxygen atoms in total. The number of carbonyl (C=O) groups excluding carboxylic acids is 9. The molecule has 3 amide bonds. The van der Waals surface area contributed by atoms with Gasteiger partial charge in [-0.25, -0.2) is 0 Å². The van der Waals surface area contributed by atoms with Crippen molar-refractivity contribution < 1.29 is 71.6 Å². The molecule has 24 heteroatoms. The fourth-order valence-corrected chi connectivity index (χ4v) is 19.6. The largest absolute Gasteiger partial charge is 0.462 e. The lowest BCUT2D eigenvalue weighted by atomic mass is 10.0. The van der Waals surface area contributed by atoms with E-state index in [-0.39, 0.29) is 69.8 Å². The first-order chi connectivity index (χ1) is 71.5. The van der Waals surface area contributed by atoms with E-state index in [1.807, 2.05) is 75.2 Å². The summed E-state index contributed by atoms with van der Waals surface area (Å²) in [6, 6.07) is 0. The third-order valence-electron chi connectivity index (χ3n) is 26.1. The molecule has 147 heavy (non-hydrogen) atoms. The molecule has 0 aromatic rings. The summed E-state index contributed by atoms with van der Waals surface area (Å²) >= 11 is 4.25. The van der Waals surface area contributed by atoms with E-state index >= 15 is 0 Å². The van der Waals surface area contributed by atoms with Crippen molar-refractivity contribution in [3.8, 4) is 0 Å². The van der Waals surface area contributed by atoms with E-state index in [0.29, 0.717) is 58.3 Å². The van der Waals surface area contributed by atoms with Gasteiger partial charge < -0.3 is 57.8 Å². The lowest BCUT2D eigenvalue weighted by Crippen LogP contribution is -2.30. The van der Waals surface area contributed by atoms with Gasteiger partial charge in [-0.3, -0.25) is 43.2 Å². The lowest BCUT2D eigenvalue weighted by molar-refractivity contribution is -0.151. The summed E-state index contributed by atoms with van der Waals surface area (Å²) in [6.07, 6.45) is 93.6. The second kappa shape index (κ2) is 116. The molecular weight excluding hydrogens is 1900 g/mol. The predicted octanol–water partition coefficient (Wildman–Crippen LogP) is 34.1. The zero-order chi connectivity index (χ0) is 109. The van der Waals surface area contributed by atoms with Crippen LogP contribution in [0.4, 0.5) is 14.4 Å². The van der Waals surface area contributed by atoms with Gasteiger partial charge in [0.2, 0.25) is 0 Å². The highest BCUT2D eigenvalue weighted by Crippen LogP contribution is 2.25. The van der Waals surface area contributed by atoms with Gasteiger partial charge in [-0.15, -0.1) is 0 Å². The van der Waals surface area contributed by atoms with Crippen LogP contribution in [0.15, 0.2) is 60.8 Å². The summed E-state index contributed by atoms with van der Waals surface area (Å²) in [4.78, 5) is 125. The maximum atomic E-state index is 13.0. The van der Waals surface area contributed by atoms with Crippen molar-refractivity contribution in [2.24, 2.45) is 0 Å². The first-order valence-corrected chi connectivity index (χ1v) is 63.5. The summed E-state index contributed by atoms with van der Waals surface area (Å²) in [6.45, 7) is 28.2. The van der Waals surface area contributed by atoms with Gasteiger partial charge in [0.25, 0.3) is 15.7 Å². The van der Waals surface area contributed by atoms with Crippen LogP contribution in [-0.2, 0) is 57.2 Å². The maximum Gasteiger partial charge on any atom is 0.306 e. The molecule has 0 heterocycles. The standard InChI is InChI=1S/C43H78N2O5S.C41H78N2O5S.C39H74N2O5S/c1-6-9-12-15-16-23-30-38-49-41(46)33-26-19-21-28-35-45(43(48)51-39-37-44(4)5)36-29-22-20-27-34-42(47)50-40(31-24-17-13-10-7-2)32-25-18-14-11-8-3;1-6-9-12-15-16-21-28-36-47-39(44)31-24-17-19-26-33-43(41(46)49-37-35-42(4)5)34-27-20-18-25-32-40(45)48-38(29-22-13-10-7-2)30-23-14-11-8-3;1-6-9-12-13-14-21-26-34-45-37(42)29-22-17-15-19-24-31-41(39(44)47-35-33-40(4)5)32-25-20-16-18-23-30-38(43)46-36(27-10-7-2)28-11-8-3/h13-14,17-18,23,30,40H,6-12,15-16,19-22,24-29,31-39H2,1-5H3;21,28,38H,6-20,22-27,29-37H2,1-5H3;21,26,36H,6-20,22-25,27-35H2,1-5H3/b17-13+,18-14+,30-23-;28-21-;26-21-. The van der Waals surface area contributed by atoms with Crippen LogP contribution in [0, 0.1) is 0 Å². The number of hydrogen-bond acceptors (Lipinski definition) is 21. The Bertz CT molecular complexity index is 3100. The molecule has 0 aromatic carbocycles. The van der Waals surface area contributed by atoms with Gasteiger partial charge in [-0.05, 0) is 235 Å². The highest BCUT2D eigenvalue weighted by atomic mass is 32.2. The molecule has 0 N–H and O–H groups in total. The number of nitrogens with zero attached hydrogens (tertiary/aromatic N) is 6. The average molecular weight is 2130 g/mol. The molecule has 0 saturated carbocycles. The van der Waals surface area contributed by atoms with Crippen LogP contribution in [0.1, 0.15) is 518 Å². The SMILES string of the molecule is CCC/C=C/CCC(CC/C=C/CCC)OC(=O)CCCCCCN(CCCCCCC(=O)OC/C=C\CCCCCC)C(=O)SCCN(C)C.CCCCCC/C=C\COC(=O)CCCCCCCN(CCCCCCCC(=O)OC(CCCC)CCCC)C(=O)SCCN(C)C.CCCCCC/C=C\COC(=O)CCCCCCN(CCCCCCC(=O)OC(CCCCCC)CCCCCC)C(=O)SCCN(C)C. The van der Waals surface area contributed by atoms with Crippen LogP contribution in [0.25, 0.3) is 0 Å². The van der Waals surface area contributed by atoms with E-state index in [1.165, 1.54) is 151 Å². The van der Waals surface area contributed by atoms with Gasteiger partial charge in [0.05, 0.1) is 0 Å². The van der Waals surface area contributed by atoms with Crippen molar-refractivity contribution in [3.63, 3.8) is 0 Å². The smallest absolute Gasteiger partial charge is 0.306 e. The molecule has 860 valence electrons. The number of carbonyl (C=O) groups is 9. The Morgan fingerprint density at radius 1 is 0.197 bits per heavy atom. The second-order valence-electron chi connectivity index (χ2n) is 41.4. The number of ether oxygens (including phenoxy) is 6. The normalized spacial score (nSPS) is 11.7. The molecule has 0 bridgehead atoms. The molecule has 0 aliphatic heterocycles. The van der Waals surface area contributed by atoms with Gasteiger partial charge in [0.15, 0.2) is 0 Å². The molecule has 0 unspecified atom stereocenters. The highest BCUT2D eigenvalue weighted by Gasteiger charge is 2.22. The van der Waals surface area contributed by atoms with Crippen molar-refractivity contribution in [2.45, 2.75) is 537 Å². The zero-order valence-corrected chi connectivity index (χ0v) is 100. The van der Waals surface area contributed by atoms with E-state index in [0.717, 1.165) is 378 Å². The minimum atomic E-state index is -0.127. The van der Waals surface area contributed by atoms with Crippen molar-refractivity contribution in [3.05, 3.63) is 60.8 Å². The lowest BCUT2D eigenvalue weighted by Gasteiger charge is -2.22. The fraction of sp³-hybridized carbons (Fsp3) is 0.846. The Morgan fingerprint density at radius 2 is 0.401 bits per heavy atom. The quantitative estimate of drug-likeness (QED) is 0.0238. The molecule has 0 fully saturated rings. The van der Waals surface area contributed by atoms with Crippen LogP contribution in [0.5, 0.6) is 0 Å². The monoisotopic (exact) mass is 2130 g/mol. The third kappa shape index (κ3) is 110. The number of unbranched alkanes of at least 4 members (excludes halogenated alkanes) is 42. The van der Waals surface area contributed by atoms with E-state index in [4.69, 9.17) is 28.4 Å². The minimum absolute atomic E-state index is 0.0226. The summed E-state index contributed by atoms with van der Waals surface area (Å²) in [7, 11) is 12.2. The second-order valence-corrected chi connectivity index (χ2v) is 44.5. The molecule has 0 aromatic heterocycles. The van der Waals surface area contributed by atoms with Crippen LogP contribution in [0.3, 0.4) is 0 Å². The van der Waals surface area contributed by atoms with Crippen molar-refractivity contribution in [1.82, 2.24) is 29.4 Å². The molecule has 0 saturated heterocycles. The molecular formula is C123H230N6O15S3. The molecule has 0 aliphatic carbocycles. The number of rotatable bonds is 103. The average Bonchev–Trinajstić information content (AvgIpc) is 0.941. The van der Waals surface area contributed by atoms with E-state index in [1.54, 1.807) is 0 Å². The number of esters is 6. The van der Waals surface area contributed by atoms with Crippen LogP contribution in [-0.4, -0.2) is 238 Å². The van der Waals surface area contributed by atoms with Gasteiger partial charge in [0.1, 0.15) is 38.1 Å². The van der Waals surface area contributed by atoms with Gasteiger partial charge >= 0.3 is 35.8 Å². The summed E-state index contributed by atoms with van der Waals surface area (Å²) in [5, 5.41) is 0.506. The van der Waals surface area contributed by atoms with Crippen LogP contribution < -0.4 is 0 Å². The summed E-state index contributed by atoms with van der Waals surface area (Å²) < 4.78 is 33.6. The number of thioether (sulfide) groups is 3. The minimum Gasteiger partial charge on any atom is -0.462 e. The molecule has 0 atom stereocenters. The zero-order valence-electron chi connectivity index (χ0n) is 97.8. The molecule has 0 radical (unpaired) electrons. The number of allylic oxidation sites excluding steroid dienone is 7. The molecule has 0 aliphatic rings. The van der Waals surface area contributed by atoms with Crippen molar-refractivity contribution in [2.75, 3.05) is 138 Å².